The Labute approximate surface area is 153 Å². The van der Waals surface area contributed by atoms with Crippen molar-refractivity contribution in [1.82, 2.24) is 0 Å². The van der Waals surface area contributed by atoms with E-state index in [-0.39, 0.29) is 16.9 Å². The molecule has 4 aromatic rings. The Morgan fingerprint density at radius 2 is 1.74 bits per heavy atom. The summed E-state index contributed by atoms with van der Waals surface area (Å²) in [5.74, 6) is 0.328. The maximum Gasteiger partial charge on any atom is 0.373 e. The van der Waals surface area contributed by atoms with E-state index in [1.165, 1.54) is 31.4 Å². The van der Waals surface area contributed by atoms with Gasteiger partial charge in [0, 0.05) is 11.6 Å². The van der Waals surface area contributed by atoms with Crippen molar-refractivity contribution in [2.45, 2.75) is 0 Å². The molecule has 27 heavy (non-hydrogen) atoms. The first-order valence-electron chi connectivity index (χ1n) is 8.11. The average Bonchev–Trinajstić information content (AvgIpc) is 3.17. The molecule has 2 aromatic heterocycles. The van der Waals surface area contributed by atoms with Gasteiger partial charge < -0.3 is 18.7 Å². The first-order chi connectivity index (χ1) is 13.1. The number of hydrogen-bond acceptors (Lipinski definition) is 6. The Morgan fingerprint density at radius 3 is 2.48 bits per heavy atom. The molecule has 0 saturated carbocycles. The summed E-state index contributed by atoms with van der Waals surface area (Å²) >= 11 is 0. The van der Waals surface area contributed by atoms with Crippen molar-refractivity contribution in [2.24, 2.45) is 0 Å². The fourth-order valence-electron chi connectivity index (χ4n) is 2.83. The average molecular weight is 362 g/mol. The third-order valence-corrected chi connectivity index (χ3v) is 4.16. The highest BCUT2D eigenvalue weighted by atomic mass is 16.5. The van der Waals surface area contributed by atoms with E-state index in [0.717, 1.165) is 0 Å². The molecule has 4 rings (SSSR count). The van der Waals surface area contributed by atoms with Gasteiger partial charge in [-0.25, -0.2) is 4.79 Å². The Hall–Kier alpha value is -3.80. The number of hydrogen-bond donors (Lipinski definition) is 1. The summed E-state index contributed by atoms with van der Waals surface area (Å²) in [5, 5.41) is 9.84. The van der Waals surface area contributed by atoms with Gasteiger partial charge in [0.15, 0.2) is 5.43 Å². The van der Waals surface area contributed by atoms with E-state index in [0.29, 0.717) is 33.6 Å². The third-order valence-electron chi connectivity index (χ3n) is 4.16. The molecule has 0 atom stereocenters. The fourth-order valence-corrected chi connectivity index (χ4v) is 2.83. The van der Waals surface area contributed by atoms with Crippen LogP contribution in [0.25, 0.3) is 33.6 Å². The summed E-state index contributed by atoms with van der Waals surface area (Å²) in [6.45, 7) is 0. The Bertz CT molecular complexity index is 1200. The minimum Gasteiger partial charge on any atom is -0.508 e. The first-order valence-corrected chi connectivity index (χ1v) is 8.11. The van der Waals surface area contributed by atoms with Crippen LogP contribution < -0.4 is 5.43 Å². The van der Waals surface area contributed by atoms with Gasteiger partial charge in [0.2, 0.25) is 5.76 Å². The van der Waals surface area contributed by atoms with Crippen molar-refractivity contribution in [3.63, 3.8) is 0 Å². The van der Waals surface area contributed by atoms with Crippen LogP contribution in [0.15, 0.2) is 74.3 Å². The van der Waals surface area contributed by atoms with Gasteiger partial charge in [-0.2, -0.15) is 0 Å². The Balaban J connectivity index is 1.91. The maximum atomic E-state index is 12.6. The molecule has 0 amide bonds. The summed E-state index contributed by atoms with van der Waals surface area (Å²) in [4.78, 5) is 24.2. The van der Waals surface area contributed by atoms with Crippen LogP contribution >= 0.6 is 0 Å². The van der Waals surface area contributed by atoms with Gasteiger partial charge in [0.05, 0.1) is 18.1 Å². The lowest BCUT2D eigenvalue weighted by molar-refractivity contribution is 0.0566. The molecule has 0 aliphatic carbocycles. The molecular formula is C21H14O6. The molecule has 1 N–H and O–H groups in total. The number of para-hydroxylation sites is 1. The second-order valence-electron chi connectivity index (χ2n) is 5.86. The summed E-state index contributed by atoms with van der Waals surface area (Å²) < 4.78 is 16.2. The van der Waals surface area contributed by atoms with E-state index in [1.54, 1.807) is 36.4 Å². The minimum atomic E-state index is -0.590. The number of furan rings is 1. The van der Waals surface area contributed by atoms with Crippen LogP contribution in [-0.2, 0) is 4.74 Å². The second-order valence-corrected chi connectivity index (χ2v) is 5.86. The highest BCUT2D eigenvalue weighted by Gasteiger charge is 2.17. The molecule has 0 radical (unpaired) electrons. The molecule has 134 valence electrons. The van der Waals surface area contributed by atoms with Crippen LogP contribution in [0.1, 0.15) is 10.6 Å². The SMILES string of the molecule is COC(=O)c1ccc(-c2cccc3c(=O)cc(-c4ccc(O)cc4)oc23)o1. The molecule has 2 aromatic carbocycles. The first kappa shape index (κ1) is 16.7. The lowest BCUT2D eigenvalue weighted by Gasteiger charge is -2.06. The van der Waals surface area contributed by atoms with Gasteiger partial charge in [0.25, 0.3) is 0 Å². The second kappa shape index (κ2) is 6.49. The predicted octanol–water partition coefficient (Wildman–Crippen LogP) is 4.21. The van der Waals surface area contributed by atoms with Crippen LogP contribution in [0.2, 0.25) is 0 Å². The quantitative estimate of drug-likeness (QED) is 0.549. The van der Waals surface area contributed by atoms with Crippen LogP contribution in [0.4, 0.5) is 0 Å². The Kier molecular flexibility index (Phi) is 4.01. The highest BCUT2D eigenvalue weighted by molar-refractivity contribution is 5.93. The monoisotopic (exact) mass is 362 g/mol. The third kappa shape index (κ3) is 2.97. The Morgan fingerprint density at radius 1 is 0.963 bits per heavy atom. The van der Waals surface area contributed by atoms with Gasteiger partial charge in [0.1, 0.15) is 22.9 Å². The largest absolute Gasteiger partial charge is 0.508 e. The number of rotatable bonds is 3. The molecule has 0 aliphatic heterocycles. The molecule has 0 bridgehead atoms. The zero-order valence-electron chi connectivity index (χ0n) is 14.3. The van der Waals surface area contributed by atoms with E-state index in [1.807, 2.05) is 0 Å². The number of carbonyl (C=O) groups is 1. The van der Waals surface area contributed by atoms with E-state index in [2.05, 4.69) is 4.74 Å². The molecule has 2 heterocycles. The molecule has 0 unspecified atom stereocenters. The normalized spacial score (nSPS) is 10.9. The lowest BCUT2D eigenvalue weighted by atomic mass is 10.1. The molecule has 0 aliphatic rings. The number of ether oxygens (including phenoxy) is 1. The van der Waals surface area contributed by atoms with E-state index in [9.17, 15) is 14.7 Å². The van der Waals surface area contributed by atoms with Crippen molar-refractivity contribution < 1.29 is 23.5 Å². The van der Waals surface area contributed by atoms with E-state index in [4.69, 9.17) is 8.83 Å². The lowest BCUT2D eigenvalue weighted by Crippen LogP contribution is -2.01. The molecule has 0 fully saturated rings. The van der Waals surface area contributed by atoms with Gasteiger partial charge in [-0.15, -0.1) is 0 Å². The molecule has 6 heteroatoms. The number of methoxy groups -OCH3 is 1. The molecule has 6 nitrogen and oxygen atoms in total. The van der Waals surface area contributed by atoms with Crippen molar-refractivity contribution >= 4 is 16.9 Å². The van der Waals surface area contributed by atoms with Crippen LogP contribution in [0.3, 0.4) is 0 Å². The van der Waals surface area contributed by atoms with Crippen molar-refractivity contribution in [3.8, 4) is 28.4 Å². The number of benzene rings is 2. The fraction of sp³-hybridized carbons (Fsp3) is 0.0476. The van der Waals surface area contributed by atoms with E-state index < -0.39 is 5.97 Å². The van der Waals surface area contributed by atoms with Crippen molar-refractivity contribution in [1.29, 1.82) is 0 Å². The highest BCUT2D eigenvalue weighted by Crippen LogP contribution is 2.32. The van der Waals surface area contributed by atoms with Crippen LogP contribution in [0.5, 0.6) is 5.75 Å². The number of phenols is 1. The van der Waals surface area contributed by atoms with Gasteiger partial charge in [-0.1, -0.05) is 6.07 Å². The van der Waals surface area contributed by atoms with Crippen LogP contribution in [0, 0.1) is 0 Å². The van der Waals surface area contributed by atoms with Gasteiger partial charge in [-0.3, -0.25) is 4.79 Å². The predicted molar refractivity (Wildman–Crippen MR) is 98.6 cm³/mol. The van der Waals surface area contributed by atoms with Crippen molar-refractivity contribution in [2.75, 3.05) is 7.11 Å². The number of esters is 1. The molecular weight excluding hydrogens is 348 g/mol. The van der Waals surface area contributed by atoms with Crippen molar-refractivity contribution in [3.05, 3.63) is 76.6 Å². The number of aromatic hydroxyl groups is 1. The molecule has 0 saturated heterocycles. The zero-order chi connectivity index (χ0) is 19.0. The number of fused-ring (bicyclic) bond motifs is 1. The van der Waals surface area contributed by atoms with Gasteiger partial charge in [-0.05, 0) is 48.5 Å². The number of carbonyl (C=O) groups excluding carboxylic acids is 1. The summed E-state index contributed by atoms with van der Waals surface area (Å²) in [6.07, 6.45) is 0. The van der Waals surface area contributed by atoms with Gasteiger partial charge >= 0.3 is 5.97 Å². The van der Waals surface area contributed by atoms with E-state index >= 15 is 0 Å². The molecule has 0 spiro atoms. The smallest absolute Gasteiger partial charge is 0.373 e. The standard InChI is InChI=1S/C21H14O6/c1-25-21(24)18-10-9-17(26-18)15-4-2-3-14-16(23)11-19(27-20(14)15)12-5-7-13(22)8-6-12/h2-11,22H,1H3. The topological polar surface area (TPSA) is 89.9 Å². The number of phenolic OH excluding ortho intramolecular Hbond substituents is 1. The maximum absolute atomic E-state index is 12.6. The summed E-state index contributed by atoms with van der Waals surface area (Å²) in [7, 11) is 1.27. The zero-order valence-corrected chi connectivity index (χ0v) is 14.3. The minimum absolute atomic E-state index is 0.0570. The summed E-state index contributed by atoms with van der Waals surface area (Å²) in [5.41, 5.74) is 1.33. The summed E-state index contributed by atoms with van der Waals surface area (Å²) in [6, 6.07) is 16.0. The van der Waals surface area contributed by atoms with Crippen LogP contribution in [-0.4, -0.2) is 18.2 Å².